The van der Waals surface area contributed by atoms with Gasteiger partial charge in [-0.3, -0.25) is 0 Å². The van der Waals surface area contributed by atoms with E-state index in [1.807, 2.05) is 12.1 Å². The van der Waals surface area contributed by atoms with Gasteiger partial charge >= 0.3 is 0 Å². The fraction of sp³-hybridized carbons (Fsp3) is 0.0714. The summed E-state index contributed by atoms with van der Waals surface area (Å²) in [4.78, 5) is 2.19. The van der Waals surface area contributed by atoms with Crippen molar-refractivity contribution in [1.29, 1.82) is 5.26 Å². The van der Waals surface area contributed by atoms with Crippen molar-refractivity contribution in [3.63, 3.8) is 0 Å². The smallest absolute Gasteiger partial charge is 0.175 e. The van der Waals surface area contributed by atoms with Crippen molar-refractivity contribution in [1.82, 2.24) is 0 Å². The Morgan fingerprint density at radius 2 is 1.74 bits per heavy atom. The molecule has 0 aliphatic heterocycles. The third-order valence-corrected chi connectivity index (χ3v) is 4.58. The first kappa shape index (κ1) is 13.7. The van der Waals surface area contributed by atoms with Crippen molar-refractivity contribution in [3.8, 4) is 6.07 Å². The first-order valence-electron chi connectivity index (χ1n) is 5.47. The SMILES string of the molecule is CS(=O)(=O)c1ccc(Sc2cccc(C#N)c2)cc1. The molecule has 0 saturated carbocycles. The Labute approximate surface area is 116 Å². The van der Waals surface area contributed by atoms with Crippen molar-refractivity contribution in [2.45, 2.75) is 14.7 Å². The van der Waals surface area contributed by atoms with E-state index in [-0.39, 0.29) is 0 Å². The van der Waals surface area contributed by atoms with Crippen LogP contribution in [0, 0.1) is 11.3 Å². The summed E-state index contributed by atoms with van der Waals surface area (Å²) >= 11 is 1.49. The third kappa shape index (κ3) is 3.60. The summed E-state index contributed by atoms with van der Waals surface area (Å²) in [6, 6.07) is 16.1. The molecule has 0 N–H and O–H groups in total. The molecule has 0 radical (unpaired) electrons. The molecule has 5 heteroatoms. The minimum atomic E-state index is -3.16. The zero-order chi connectivity index (χ0) is 13.9. The molecule has 0 aliphatic rings. The predicted molar refractivity (Wildman–Crippen MR) is 74.8 cm³/mol. The highest BCUT2D eigenvalue weighted by atomic mass is 32.2. The maximum absolute atomic E-state index is 11.3. The molecule has 3 nitrogen and oxygen atoms in total. The molecule has 19 heavy (non-hydrogen) atoms. The molecule has 0 heterocycles. The fourth-order valence-corrected chi connectivity index (χ4v) is 3.03. The second-order valence-electron chi connectivity index (χ2n) is 3.99. The molecule has 2 aromatic carbocycles. The zero-order valence-electron chi connectivity index (χ0n) is 10.2. The van der Waals surface area contributed by atoms with Crippen LogP contribution in [0.2, 0.25) is 0 Å². The van der Waals surface area contributed by atoms with Gasteiger partial charge in [0.05, 0.1) is 16.5 Å². The molecule has 0 saturated heterocycles. The minimum absolute atomic E-state index is 0.308. The van der Waals surface area contributed by atoms with Crippen LogP contribution in [0.15, 0.2) is 63.2 Å². The summed E-state index contributed by atoms with van der Waals surface area (Å²) in [5, 5.41) is 8.83. The normalized spacial score (nSPS) is 10.9. The van der Waals surface area contributed by atoms with E-state index in [0.29, 0.717) is 10.5 Å². The van der Waals surface area contributed by atoms with Crippen LogP contribution in [0.1, 0.15) is 5.56 Å². The largest absolute Gasteiger partial charge is 0.224 e. The highest BCUT2D eigenvalue weighted by molar-refractivity contribution is 7.99. The monoisotopic (exact) mass is 289 g/mol. The van der Waals surface area contributed by atoms with E-state index in [9.17, 15) is 8.42 Å². The summed E-state index contributed by atoms with van der Waals surface area (Å²) in [5.41, 5.74) is 0.609. The van der Waals surface area contributed by atoms with Crippen LogP contribution >= 0.6 is 11.8 Å². The highest BCUT2D eigenvalue weighted by Gasteiger charge is 2.06. The topological polar surface area (TPSA) is 57.9 Å². The van der Waals surface area contributed by atoms with E-state index in [1.165, 1.54) is 18.0 Å². The van der Waals surface area contributed by atoms with Gasteiger partial charge in [-0.25, -0.2) is 8.42 Å². The van der Waals surface area contributed by atoms with Gasteiger partial charge in [-0.05, 0) is 42.5 Å². The van der Waals surface area contributed by atoms with Crippen LogP contribution in [-0.4, -0.2) is 14.7 Å². The Bertz CT molecular complexity index is 729. The van der Waals surface area contributed by atoms with Gasteiger partial charge < -0.3 is 0 Å². The summed E-state index contributed by atoms with van der Waals surface area (Å²) in [6.45, 7) is 0. The van der Waals surface area contributed by atoms with Crippen molar-refractivity contribution < 1.29 is 8.42 Å². The second-order valence-corrected chi connectivity index (χ2v) is 7.15. The van der Waals surface area contributed by atoms with Crippen molar-refractivity contribution in [2.24, 2.45) is 0 Å². The molecule has 0 spiro atoms. The van der Waals surface area contributed by atoms with E-state index in [2.05, 4.69) is 6.07 Å². The van der Waals surface area contributed by atoms with Gasteiger partial charge in [0.2, 0.25) is 0 Å². The average molecular weight is 289 g/mol. The lowest BCUT2D eigenvalue weighted by molar-refractivity contribution is 0.602. The molecule has 0 fully saturated rings. The quantitative estimate of drug-likeness (QED) is 0.871. The molecular weight excluding hydrogens is 278 g/mol. The summed E-state index contributed by atoms with van der Waals surface area (Å²) in [5.74, 6) is 0. The van der Waals surface area contributed by atoms with Gasteiger partial charge in [-0.2, -0.15) is 5.26 Å². The summed E-state index contributed by atoms with van der Waals surface area (Å²) in [6.07, 6.45) is 1.19. The van der Waals surface area contributed by atoms with E-state index < -0.39 is 9.84 Å². The lowest BCUT2D eigenvalue weighted by Crippen LogP contribution is -1.95. The first-order valence-corrected chi connectivity index (χ1v) is 8.18. The fourth-order valence-electron chi connectivity index (χ4n) is 1.52. The van der Waals surface area contributed by atoms with Gasteiger partial charge in [0, 0.05) is 16.0 Å². The van der Waals surface area contributed by atoms with E-state index in [4.69, 9.17) is 5.26 Å². The van der Waals surface area contributed by atoms with Gasteiger partial charge in [0.15, 0.2) is 9.84 Å². The Balaban J connectivity index is 2.22. The molecule has 0 unspecified atom stereocenters. The molecule has 0 aliphatic carbocycles. The molecule has 2 rings (SSSR count). The van der Waals surface area contributed by atoms with E-state index in [0.717, 1.165) is 9.79 Å². The Kier molecular flexibility index (Phi) is 3.93. The van der Waals surface area contributed by atoms with Crippen LogP contribution in [0.3, 0.4) is 0 Å². The highest BCUT2D eigenvalue weighted by Crippen LogP contribution is 2.28. The minimum Gasteiger partial charge on any atom is -0.224 e. The molecule has 0 amide bonds. The van der Waals surface area contributed by atoms with Gasteiger partial charge in [-0.15, -0.1) is 0 Å². The average Bonchev–Trinajstić information content (AvgIpc) is 2.38. The van der Waals surface area contributed by atoms with Gasteiger partial charge in [0.25, 0.3) is 0 Å². The molecule has 0 aromatic heterocycles. The Morgan fingerprint density at radius 1 is 1.05 bits per heavy atom. The summed E-state index contributed by atoms with van der Waals surface area (Å²) in [7, 11) is -3.16. The number of hydrogen-bond acceptors (Lipinski definition) is 4. The predicted octanol–water partition coefficient (Wildman–Crippen LogP) is 3.11. The standard InChI is InChI=1S/C14H11NO2S2/c1-19(16,17)14-7-5-12(6-8-14)18-13-4-2-3-11(9-13)10-15/h2-9H,1H3. The van der Waals surface area contributed by atoms with Crippen molar-refractivity contribution in [2.75, 3.05) is 6.26 Å². The summed E-state index contributed by atoms with van der Waals surface area (Å²) < 4.78 is 22.7. The molecule has 96 valence electrons. The Hall–Kier alpha value is -1.77. The maximum Gasteiger partial charge on any atom is 0.175 e. The van der Waals surface area contributed by atoms with Crippen LogP contribution in [0.25, 0.3) is 0 Å². The van der Waals surface area contributed by atoms with Crippen LogP contribution in [0.5, 0.6) is 0 Å². The molecule has 2 aromatic rings. The second kappa shape index (κ2) is 5.47. The molecular formula is C14H11NO2S2. The van der Waals surface area contributed by atoms with Crippen LogP contribution in [0.4, 0.5) is 0 Å². The number of benzene rings is 2. The lowest BCUT2D eigenvalue weighted by atomic mass is 10.2. The third-order valence-electron chi connectivity index (χ3n) is 2.45. The van der Waals surface area contributed by atoms with Gasteiger partial charge in [0.1, 0.15) is 0 Å². The Morgan fingerprint density at radius 3 is 2.32 bits per heavy atom. The number of hydrogen-bond donors (Lipinski definition) is 0. The lowest BCUT2D eigenvalue weighted by Gasteiger charge is -2.03. The maximum atomic E-state index is 11.3. The van der Waals surface area contributed by atoms with Crippen molar-refractivity contribution >= 4 is 21.6 Å². The number of rotatable bonds is 3. The zero-order valence-corrected chi connectivity index (χ0v) is 11.8. The van der Waals surface area contributed by atoms with Crippen LogP contribution < -0.4 is 0 Å². The van der Waals surface area contributed by atoms with Gasteiger partial charge in [-0.1, -0.05) is 17.8 Å². The first-order chi connectivity index (χ1) is 8.99. The molecule has 0 bridgehead atoms. The van der Waals surface area contributed by atoms with Crippen LogP contribution in [-0.2, 0) is 9.84 Å². The van der Waals surface area contributed by atoms with E-state index in [1.54, 1.807) is 36.4 Å². The number of nitriles is 1. The molecule has 0 atom stereocenters. The van der Waals surface area contributed by atoms with Crippen molar-refractivity contribution in [3.05, 3.63) is 54.1 Å². The number of sulfone groups is 1. The number of nitrogens with zero attached hydrogens (tertiary/aromatic N) is 1. The van der Waals surface area contributed by atoms with E-state index >= 15 is 0 Å².